The zero-order chi connectivity index (χ0) is 41.5. The fraction of sp³-hybridized carbons (Fsp3) is 0.407. The third kappa shape index (κ3) is 17.3. The Labute approximate surface area is 357 Å². The van der Waals surface area contributed by atoms with Crippen molar-refractivity contribution in [3.05, 3.63) is 145 Å². The molecule has 3 heteroatoms. The summed E-state index contributed by atoms with van der Waals surface area (Å²) >= 11 is 0. The van der Waals surface area contributed by atoms with Crippen molar-refractivity contribution in [1.29, 1.82) is 0 Å². The minimum atomic E-state index is -0.122. The summed E-state index contributed by atoms with van der Waals surface area (Å²) in [6.07, 6.45) is 0. The Hall–Kier alpha value is -4.50. The van der Waals surface area contributed by atoms with Gasteiger partial charge in [0.2, 0.25) is 0 Å². The van der Waals surface area contributed by atoms with Crippen LogP contribution in [0.3, 0.4) is 0 Å². The van der Waals surface area contributed by atoms with E-state index in [1.807, 2.05) is 69.2 Å². The Balaban J connectivity index is -0.000000438. The van der Waals surface area contributed by atoms with Gasteiger partial charge in [-0.15, -0.1) is 0 Å². The number of aryl methyl sites for hydroxylation is 1. The molecule has 57 heavy (non-hydrogen) atoms. The summed E-state index contributed by atoms with van der Waals surface area (Å²) in [5.74, 6) is 0. The molecule has 0 bridgehead atoms. The van der Waals surface area contributed by atoms with Crippen LogP contribution in [0.5, 0.6) is 0 Å². The lowest BCUT2D eigenvalue weighted by Crippen LogP contribution is -2.20. The summed E-state index contributed by atoms with van der Waals surface area (Å²) in [5.41, 5.74) is 12.5. The van der Waals surface area contributed by atoms with Crippen molar-refractivity contribution in [3.63, 3.8) is 0 Å². The van der Waals surface area contributed by atoms with Crippen molar-refractivity contribution < 1.29 is 1.43 Å². The van der Waals surface area contributed by atoms with Crippen LogP contribution in [0.25, 0.3) is 45.1 Å². The number of aromatic nitrogens is 2. The van der Waals surface area contributed by atoms with Crippen molar-refractivity contribution in [3.8, 4) is 45.1 Å². The number of benzene rings is 4. The molecule has 2 heterocycles. The molecule has 0 saturated heterocycles. The predicted octanol–water partition coefficient (Wildman–Crippen LogP) is 18.2. The highest BCUT2D eigenvalue weighted by Crippen LogP contribution is 2.41. The Morgan fingerprint density at radius 1 is 0.368 bits per heavy atom. The fourth-order valence-corrected chi connectivity index (χ4v) is 5.73. The Morgan fingerprint density at radius 2 is 0.632 bits per heavy atom. The second-order valence-corrected chi connectivity index (χ2v) is 14.2. The van der Waals surface area contributed by atoms with Gasteiger partial charge in [0.05, 0.1) is 28.5 Å². The van der Waals surface area contributed by atoms with Crippen molar-refractivity contribution in [2.45, 2.75) is 145 Å². The van der Waals surface area contributed by atoms with Gasteiger partial charge < -0.3 is 9.13 Å². The average Bonchev–Trinajstić information content (AvgIpc) is 3.83. The van der Waals surface area contributed by atoms with Gasteiger partial charge in [-0.3, -0.25) is 0 Å². The number of hydrogen-bond acceptors (Lipinski definition) is 0. The highest BCUT2D eigenvalue weighted by molar-refractivity contribution is 5.76. The summed E-state index contributed by atoms with van der Waals surface area (Å²) in [5, 5.41) is 0. The second kappa shape index (κ2) is 30.6. The molecule has 0 amide bonds. The highest BCUT2D eigenvalue weighted by atomic mass is 15.0. The summed E-state index contributed by atoms with van der Waals surface area (Å²) in [6, 6.07) is 47.9. The first-order valence-electron chi connectivity index (χ1n) is 20.6. The SMILES string of the molecule is C.C.CC.CC.CC.CC.CC.CC(C)(C)C.Cc1ccc(-c2ccccc2)n1-c1cccc(-n2c(-c3ccccc3)ccc2-c2ccccc2)c1C(C)(C)C.[2HH].[B]. The maximum atomic E-state index is 2.45. The van der Waals surface area contributed by atoms with E-state index in [2.05, 4.69) is 198 Å². The number of rotatable bonds is 5. The van der Waals surface area contributed by atoms with Crippen LogP contribution in [-0.4, -0.2) is 17.5 Å². The third-order valence-corrected chi connectivity index (χ3v) is 7.42. The number of nitrogens with zero attached hydrogens (tertiary/aromatic N) is 2. The molecular formula is C54H86BN2. The van der Waals surface area contributed by atoms with Crippen LogP contribution in [-0.2, 0) is 5.41 Å². The molecule has 0 atom stereocenters. The van der Waals surface area contributed by atoms with Gasteiger partial charge in [-0.1, -0.05) is 230 Å². The summed E-state index contributed by atoms with van der Waals surface area (Å²) < 4.78 is 4.88. The van der Waals surface area contributed by atoms with E-state index >= 15 is 0 Å². The molecule has 0 saturated carbocycles. The first kappa shape index (κ1) is 59.2. The van der Waals surface area contributed by atoms with E-state index in [1.165, 1.54) is 56.4 Å². The van der Waals surface area contributed by atoms with Gasteiger partial charge in [0.15, 0.2) is 0 Å². The van der Waals surface area contributed by atoms with Gasteiger partial charge in [-0.25, -0.2) is 0 Å². The molecule has 0 N–H and O–H groups in total. The van der Waals surface area contributed by atoms with E-state index < -0.39 is 0 Å². The average molecular weight is 775 g/mol. The van der Waals surface area contributed by atoms with E-state index in [0.717, 1.165) is 0 Å². The fourth-order valence-electron chi connectivity index (χ4n) is 5.73. The van der Waals surface area contributed by atoms with E-state index in [-0.39, 0.29) is 30.1 Å². The smallest absolute Gasteiger partial charge is 0.0535 e. The van der Waals surface area contributed by atoms with E-state index in [0.29, 0.717) is 5.41 Å². The molecule has 2 aromatic heterocycles. The molecule has 0 fully saturated rings. The Kier molecular flexibility index (Phi) is 31.8. The molecule has 2 nitrogen and oxygen atoms in total. The van der Waals surface area contributed by atoms with E-state index in [9.17, 15) is 0 Å². The van der Waals surface area contributed by atoms with E-state index in [4.69, 9.17) is 0 Å². The maximum Gasteiger partial charge on any atom is 0.0535 e. The third-order valence-electron chi connectivity index (χ3n) is 7.42. The van der Waals surface area contributed by atoms with Crippen LogP contribution in [0.1, 0.15) is 145 Å². The molecule has 0 aliphatic heterocycles. The monoisotopic (exact) mass is 775 g/mol. The lowest BCUT2D eigenvalue weighted by atomic mass is 9.83. The van der Waals surface area contributed by atoms with Crippen LogP contribution in [0.15, 0.2) is 133 Å². The molecule has 0 aliphatic carbocycles. The first-order valence-corrected chi connectivity index (χ1v) is 20.6. The van der Waals surface area contributed by atoms with Gasteiger partial charge in [-0.05, 0) is 70.8 Å². The lowest BCUT2D eigenvalue weighted by molar-refractivity contribution is 0.469. The van der Waals surface area contributed by atoms with Gasteiger partial charge in [0.25, 0.3) is 0 Å². The molecule has 0 spiro atoms. The van der Waals surface area contributed by atoms with Gasteiger partial charge in [0, 0.05) is 21.1 Å². The normalized spacial score (nSPS) is 9.51. The van der Waals surface area contributed by atoms with Crippen molar-refractivity contribution in [2.75, 3.05) is 0 Å². The largest absolute Gasteiger partial charge is 0.314 e. The van der Waals surface area contributed by atoms with Crippen LogP contribution >= 0.6 is 0 Å². The molecular weight excluding hydrogens is 687 g/mol. The van der Waals surface area contributed by atoms with Gasteiger partial charge in [-0.2, -0.15) is 0 Å². The summed E-state index contributed by atoms with van der Waals surface area (Å²) in [6.45, 7) is 37.9. The molecule has 0 aliphatic rings. The molecule has 6 aromatic rings. The molecule has 4 aromatic carbocycles. The van der Waals surface area contributed by atoms with Crippen molar-refractivity contribution >= 4 is 8.41 Å². The van der Waals surface area contributed by atoms with Gasteiger partial charge >= 0.3 is 0 Å². The van der Waals surface area contributed by atoms with Crippen LogP contribution in [0.2, 0.25) is 0 Å². The Morgan fingerprint density at radius 3 is 0.930 bits per heavy atom. The number of hydrogen-bond donors (Lipinski definition) is 0. The standard InChI is InChI=1S/C37H34N2.C5H12.5C2H6.2CH4.B.H2/c1-27-23-24-31(28-15-8-5-9-16-28)38(27)34-21-14-22-35(36(34)37(2,3)4)39-32(29-17-10-6-11-18-29)25-26-33(39)30-19-12-7-13-20-30;1-5(2,3)4;5*1-2;;;;/h5-26H,1-4H3;1-4H3;5*1-2H3;2*1H4;;1H/i;;;;;;;;;;1+1. The molecule has 0 unspecified atom stereocenters. The maximum absolute atomic E-state index is 2.45. The molecule has 3 radical (unpaired) electrons. The first-order chi connectivity index (χ1) is 25.9. The zero-order valence-electron chi connectivity index (χ0n) is 38.2. The van der Waals surface area contributed by atoms with Gasteiger partial charge in [0.1, 0.15) is 0 Å². The second-order valence-electron chi connectivity index (χ2n) is 14.2. The predicted molar refractivity (Wildman–Crippen MR) is 268 cm³/mol. The summed E-state index contributed by atoms with van der Waals surface area (Å²) in [7, 11) is 0. The minimum Gasteiger partial charge on any atom is -0.314 e. The van der Waals surface area contributed by atoms with Crippen LogP contribution in [0.4, 0.5) is 0 Å². The summed E-state index contributed by atoms with van der Waals surface area (Å²) in [4.78, 5) is 0. The highest BCUT2D eigenvalue weighted by Gasteiger charge is 2.27. The quantitative estimate of drug-likeness (QED) is 0.154. The van der Waals surface area contributed by atoms with Crippen molar-refractivity contribution in [2.24, 2.45) is 5.41 Å². The zero-order valence-corrected chi connectivity index (χ0v) is 38.2. The van der Waals surface area contributed by atoms with Crippen molar-refractivity contribution in [1.82, 2.24) is 9.13 Å². The molecule has 6 rings (SSSR count). The lowest BCUT2D eigenvalue weighted by Gasteiger charge is -2.30. The Bertz CT molecular complexity index is 1760. The molecule has 315 valence electrons. The van der Waals surface area contributed by atoms with E-state index in [1.54, 1.807) is 0 Å². The topological polar surface area (TPSA) is 9.86 Å². The minimum absolute atomic E-state index is 0. The van der Waals surface area contributed by atoms with Crippen LogP contribution < -0.4 is 0 Å². The van der Waals surface area contributed by atoms with Crippen LogP contribution in [0, 0.1) is 12.3 Å².